The van der Waals surface area contributed by atoms with Crippen molar-refractivity contribution in [2.24, 2.45) is 0 Å². The van der Waals surface area contributed by atoms with Gasteiger partial charge in [0.25, 0.3) is 5.91 Å². The topological polar surface area (TPSA) is 77.2 Å². The van der Waals surface area contributed by atoms with E-state index in [1.165, 1.54) is 11.3 Å². The molecule has 0 unspecified atom stereocenters. The van der Waals surface area contributed by atoms with Crippen LogP contribution in [0.4, 0.5) is 5.13 Å². The van der Waals surface area contributed by atoms with E-state index in [9.17, 15) is 4.79 Å². The molecule has 130 valence electrons. The first-order valence-electron chi connectivity index (χ1n) is 7.61. The van der Waals surface area contributed by atoms with E-state index in [1.807, 2.05) is 30.3 Å². The van der Waals surface area contributed by atoms with Crippen LogP contribution in [0.15, 0.2) is 53.1 Å². The zero-order chi connectivity index (χ0) is 18.1. The van der Waals surface area contributed by atoms with Gasteiger partial charge in [0.2, 0.25) is 0 Å². The molecule has 0 saturated heterocycles. The van der Waals surface area contributed by atoms with Gasteiger partial charge >= 0.3 is 0 Å². The van der Waals surface area contributed by atoms with Gasteiger partial charge in [-0.05, 0) is 30.3 Å². The molecular formula is C18H12ClN3O3S. The normalized spacial score (nSPS) is 10.8. The number of anilines is 1. The molecule has 4 rings (SSSR count). The van der Waals surface area contributed by atoms with Crippen molar-refractivity contribution in [3.05, 3.63) is 59.2 Å². The maximum Gasteiger partial charge on any atom is 0.279 e. The summed E-state index contributed by atoms with van der Waals surface area (Å²) in [6.07, 6.45) is 0. The molecular weight excluding hydrogens is 374 g/mol. The van der Waals surface area contributed by atoms with E-state index in [0.717, 1.165) is 15.8 Å². The Balaban J connectivity index is 1.57. The third kappa shape index (κ3) is 3.14. The van der Waals surface area contributed by atoms with E-state index >= 15 is 0 Å². The minimum atomic E-state index is -0.403. The van der Waals surface area contributed by atoms with Gasteiger partial charge in [-0.2, -0.15) is 0 Å². The number of ether oxygens (including phenoxy) is 1. The Hall–Kier alpha value is -2.90. The number of nitrogens with one attached hydrogen (secondary N) is 1. The number of thiazole rings is 1. The third-order valence-corrected chi connectivity index (χ3v) is 4.87. The Kier molecular flexibility index (Phi) is 4.32. The molecule has 1 amide bonds. The fourth-order valence-corrected chi connectivity index (χ4v) is 3.48. The van der Waals surface area contributed by atoms with E-state index in [4.69, 9.17) is 20.9 Å². The lowest BCUT2D eigenvalue weighted by Crippen LogP contribution is -2.11. The highest BCUT2D eigenvalue weighted by molar-refractivity contribution is 7.22. The molecule has 26 heavy (non-hydrogen) atoms. The molecule has 0 spiro atoms. The quantitative estimate of drug-likeness (QED) is 0.542. The number of aromatic nitrogens is 2. The van der Waals surface area contributed by atoms with Crippen LogP contribution in [0.5, 0.6) is 5.75 Å². The van der Waals surface area contributed by atoms with E-state index in [2.05, 4.69) is 15.5 Å². The molecule has 2 aromatic carbocycles. The third-order valence-electron chi connectivity index (χ3n) is 3.69. The number of amides is 1. The summed E-state index contributed by atoms with van der Waals surface area (Å²) in [5.41, 5.74) is 1.60. The molecule has 8 heteroatoms. The van der Waals surface area contributed by atoms with Crippen molar-refractivity contribution in [3.8, 4) is 17.1 Å². The van der Waals surface area contributed by atoms with Crippen LogP contribution < -0.4 is 10.1 Å². The minimum Gasteiger partial charge on any atom is -0.496 e. The van der Waals surface area contributed by atoms with Crippen LogP contribution >= 0.6 is 22.9 Å². The molecule has 1 N–H and O–H groups in total. The number of rotatable bonds is 4. The van der Waals surface area contributed by atoms with Crippen molar-refractivity contribution in [2.45, 2.75) is 0 Å². The molecule has 0 aliphatic carbocycles. The Morgan fingerprint density at radius 2 is 2.08 bits per heavy atom. The predicted octanol–water partition coefficient (Wildman–Crippen LogP) is 4.87. The highest BCUT2D eigenvalue weighted by Crippen LogP contribution is 2.31. The molecule has 0 saturated carbocycles. The van der Waals surface area contributed by atoms with Crippen LogP contribution in [0.25, 0.3) is 21.5 Å². The number of benzene rings is 2. The van der Waals surface area contributed by atoms with E-state index in [1.54, 1.807) is 25.3 Å². The largest absolute Gasteiger partial charge is 0.496 e. The Labute approximate surface area is 157 Å². The fraction of sp³-hybridized carbons (Fsp3) is 0.0556. The van der Waals surface area contributed by atoms with E-state index < -0.39 is 5.91 Å². The summed E-state index contributed by atoms with van der Waals surface area (Å²) in [6.45, 7) is 0. The van der Waals surface area contributed by atoms with Gasteiger partial charge in [-0.3, -0.25) is 10.1 Å². The Morgan fingerprint density at radius 3 is 2.92 bits per heavy atom. The number of nitrogens with zero attached hydrogens (tertiary/aromatic N) is 2. The molecule has 4 aromatic rings. The molecule has 6 nitrogen and oxygen atoms in total. The zero-order valence-electron chi connectivity index (χ0n) is 13.5. The van der Waals surface area contributed by atoms with Gasteiger partial charge in [-0.1, -0.05) is 40.2 Å². The number of carbonyl (C=O) groups is 1. The summed E-state index contributed by atoms with van der Waals surface area (Å²) >= 11 is 7.32. The van der Waals surface area contributed by atoms with Crippen LogP contribution in [0.1, 0.15) is 10.5 Å². The van der Waals surface area contributed by atoms with Gasteiger partial charge in [-0.15, -0.1) is 0 Å². The van der Waals surface area contributed by atoms with Gasteiger partial charge in [0, 0.05) is 11.1 Å². The Bertz CT molecular complexity index is 1110. The van der Waals surface area contributed by atoms with Crippen molar-refractivity contribution in [1.29, 1.82) is 0 Å². The van der Waals surface area contributed by atoms with Gasteiger partial charge in [0.15, 0.2) is 16.6 Å². The second-order valence-electron chi connectivity index (χ2n) is 5.36. The summed E-state index contributed by atoms with van der Waals surface area (Å²) < 4.78 is 11.5. The summed E-state index contributed by atoms with van der Waals surface area (Å²) in [5.74, 6) is 0.683. The van der Waals surface area contributed by atoms with Crippen LogP contribution in [0, 0.1) is 0 Å². The summed E-state index contributed by atoms with van der Waals surface area (Å²) in [7, 11) is 1.57. The number of carbonyl (C=O) groups excluding carboxylic acids is 1. The smallest absolute Gasteiger partial charge is 0.279 e. The summed E-state index contributed by atoms with van der Waals surface area (Å²) in [4.78, 5) is 16.8. The standard InChI is InChI=1S/C18H12ClN3O3S/c1-24-14-5-3-2-4-11(14)15-9-13(22-25-15)17(23)21-18-20-12-8-10(19)6-7-16(12)26-18/h2-9H,1H3,(H,20,21,23). The fourth-order valence-electron chi connectivity index (χ4n) is 2.47. The number of para-hydroxylation sites is 1. The molecule has 2 aromatic heterocycles. The lowest BCUT2D eigenvalue weighted by molar-refractivity contribution is 0.101. The molecule has 0 fully saturated rings. The summed E-state index contributed by atoms with van der Waals surface area (Å²) in [5, 5.41) is 7.64. The van der Waals surface area contributed by atoms with Gasteiger partial charge in [-0.25, -0.2) is 4.98 Å². The minimum absolute atomic E-state index is 0.156. The van der Waals surface area contributed by atoms with E-state index in [-0.39, 0.29) is 5.69 Å². The number of hydrogen-bond donors (Lipinski definition) is 1. The van der Waals surface area contributed by atoms with E-state index in [0.29, 0.717) is 21.7 Å². The number of halogens is 1. The summed E-state index contributed by atoms with van der Waals surface area (Å²) in [6, 6.07) is 14.3. The number of hydrogen-bond acceptors (Lipinski definition) is 6. The average Bonchev–Trinajstić information content (AvgIpc) is 3.28. The first kappa shape index (κ1) is 16.6. The van der Waals surface area contributed by atoms with Crippen molar-refractivity contribution >= 4 is 44.2 Å². The molecule has 2 heterocycles. The van der Waals surface area contributed by atoms with Crippen molar-refractivity contribution in [1.82, 2.24) is 10.1 Å². The predicted molar refractivity (Wildman–Crippen MR) is 101 cm³/mol. The van der Waals surface area contributed by atoms with Crippen molar-refractivity contribution in [3.63, 3.8) is 0 Å². The number of methoxy groups -OCH3 is 1. The molecule has 0 radical (unpaired) electrons. The Morgan fingerprint density at radius 1 is 1.23 bits per heavy atom. The first-order chi connectivity index (χ1) is 12.6. The first-order valence-corrected chi connectivity index (χ1v) is 8.81. The maximum atomic E-state index is 12.4. The monoisotopic (exact) mass is 385 g/mol. The highest BCUT2D eigenvalue weighted by atomic mass is 35.5. The second kappa shape index (κ2) is 6.78. The van der Waals surface area contributed by atoms with Crippen LogP contribution in [0.3, 0.4) is 0 Å². The van der Waals surface area contributed by atoms with Crippen LogP contribution in [-0.4, -0.2) is 23.2 Å². The lowest BCUT2D eigenvalue weighted by atomic mass is 10.1. The molecule has 0 aliphatic rings. The average molecular weight is 386 g/mol. The maximum absolute atomic E-state index is 12.4. The zero-order valence-corrected chi connectivity index (χ0v) is 15.1. The highest BCUT2D eigenvalue weighted by Gasteiger charge is 2.17. The van der Waals surface area contributed by atoms with Crippen molar-refractivity contribution in [2.75, 3.05) is 12.4 Å². The second-order valence-corrected chi connectivity index (χ2v) is 6.83. The molecule has 0 atom stereocenters. The lowest BCUT2D eigenvalue weighted by Gasteiger charge is -2.03. The van der Waals surface area contributed by atoms with Gasteiger partial charge in [0.05, 0.1) is 22.9 Å². The van der Waals surface area contributed by atoms with Crippen LogP contribution in [0.2, 0.25) is 5.02 Å². The number of fused-ring (bicyclic) bond motifs is 1. The molecule has 0 aliphatic heterocycles. The molecule has 0 bridgehead atoms. The SMILES string of the molecule is COc1ccccc1-c1cc(C(=O)Nc2nc3cc(Cl)ccc3s2)no1. The van der Waals surface area contributed by atoms with Gasteiger partial charge in [0.1, 0.15) is 5.75 Å². The van der Waals surface area contributed by atoms with Gasteiger partial charge < -0.3 is 9.26 Å². The van der Waals surface area contributed by atoms with Crippen molar-refractivity contribution < 1.29 is 14.1 Å². The van der Waals surface area contributed by atoms with Crippen LogP contribution in [-0.2, 0) is 0 Å².